The van der Waals surface area contributed by atoms with Gasteiger partial charge in [0.15, 0.2) is 0 Å². The first-order chi connectivity index (χ1) is 8.63. The van der Waals surface area contributed by atoms with Crippen LogP contribution in [0.1, 0.15) is 23.7 Å². The Bertz CT molecular complexity index is 578. The number of rotatable bonds is 4. The van der Waals surface area contributed by atoms with Crippen LogP contribution in [0.2, 0.25) is 5.02 Å². The molecular formula is C13H13ClN2O2. The molecule has 0 bridgehead atoms. The van der Waals surface area contributed by atoms with Gasteiger partial charge in [-0.3, -0.25) is 0 Å². The number of halogens is 1. The van der Waals surface area contributed by atoms with Gasteiger partial charge in [-0.15, -0.1) is 0 Å². The Hall–Kier alpha value is -1.81. The van der Waals surface area contributed by atoms with Crippen molar-refractivity contribution in [2.24, 2.45) is 0 Å². The van der Waals surface area contributed by atoms with E-state index in [0.717, 1.165) is 13.0 Å². The van der Waals surface area contributed by atoms with Crippen molar-refractivity contribution in [1.29, 1.82) is 0 Å². The lowest BCUT2D eigenvalue weighted by Gasteiger charge is -2.08. The SMILES string of the molecule is CCCn1ccnc1-c1cc(C(=O)O)ccc1Cl. The standard InChI is InChI=1S/C13H13ClN2O2/c1-2-6-16-7-5-15-12(16)10-8-9(13(17)18)3-4-11(10)14/h3-5,7-8H,2,6H2,1H3,(H,17,18). The molecule has 2 rings (SSSR count). The van der Waals surface area contributed by atoms with Gasteiger partial charge in [0.1, 0.15) is 5.82 Å². The molecule has 2 aromatic rings. The van der Waals surface area contributed by atoms with E-state index in [1.54, 1.807) is 18.3 Å². The van der Waals surface area contributed by atoms with Crippen molar-refractivity contribution >= 4 is 17.6 Å². The van der Waals surface area contributed by atoms with Crippen molar-refractivity contribution in [3.63, 3.8) is 0 Å². The number of nitrogens with zero attached hydrogens (tertiary/aromatic N) is 2. The van der Waals surface area contributed by atoms with Crippen LogP contribution in [-0.4, -0.2) is 20.6 Å². The highest BCUT2D eigenvalue weighted by atomic mass is 35.5. The van der Waals surface area contributed by atoms with Gasteiger partial charge in [0, 0.05) is 24.5 Å². The number of aromatic carboxylic acids is 1. The zero-order chi connectivity index (χ0) is 13.1. The van der Waals surface area contributed by atoms with Gasteiger partial charge in [-0.1, -0.05) is 18.5 Å². The molecular weight excluding hydrogens is 252 g/mol. The van der Waals surface area contributed by atoms with Crippen LogP contribution in [0.5, 0.6) is 0 Å². The van der Waals surface area contributed by atoms with Crippen LogP contribution in [0.3, 0.4) is 0 Å². The molecule has 0 spiro atoms. The van der Waals surface area contributed by atoms with Crippen LogP contribution in [0.25, 0.3) is 11.4 Å². The summed E-state index contributed by atoms with van der Waals surface area (Å²) in [4.78, 5) is 15.2. The molecule has 0 atom stereocenters. The van der Waals surface area contributed by atoms with Gasteiger partial charge >= 0.3 is 5.97 Å². The van der Waals surface area contributed by atoms with Crippen LogP contribution in [0.15, 0.2) is 30.6 Å². The van der Waals surface area contributed by atoms with E-state index in [1.807, 2.05) is 10.8 Å². The number of carboxylic acids is 1. The van der Waals surface area contributed by atoms with Crippen LogP contribution >= 0.6 is 11.6 Å². The predicted octanol–water partition coefficient (Wildman–Crippen LogP) is 3.31. The third kappa shape index (κ3) is 2.38. The summed E-state index contributed by atoms with van der Waals surface area (Å²) in [5, 5.41) is 9.50. The molecule has 18 heavy (non-hydrogen) atoms. The summed E-state index contributed by atoms with van der Waals surface area (Å²) >= 11 is 6.12. The maximum atomic E-state index is 11.0. The van der Waals surface area contributed by atoms with E-state index in [0.29, 0.717) is 16.4 Å². The molecule has 0 amide bonds. The molecule has 0 saturated heterocycles. The van der Waals surface area contributed by atoms with E-state index in [4.69, 9.17) is 16.7 Å². The first kappa shape index (κ1) is 12.6. The van der Waals surface area contributed by atoms with Gasteiger partial charge in [-0.2, -0.15) is 0 Å². The average molecular weight is 265 g/mol. The summed E-state index contributed by atoms with van der Waals surface area (Å²) in [6.45, 7) is 2.89. The number of hydrogen-bond acceptors (Lipinski definition) is 2. The number of aryl methyl sites for hydroxylation is 1. The molecule has 5 heteroatoms. The summed E-state index contributed by atoms with van der Waals surface area (Å²) < 4.78 is 1.97. The van der Waals surface area contributed by atoms with Crippen molar-refractivity contribution in [2.75, 3.05) is 0 Å². The summed E-state index contributed by atoms with van der Waals surface area (Å²) in [6.07, 6.45) is 4.52. The lowest BCUT2D eigenvalue weighted by molar-refractivity contribution is 0.0697. The lowest BCUT2D eigenvalue weighted by Crippen LogP contribution is -2.01. The molecule has 0 aliphatic heterocycles. The van der Waals surface area contributed by atoms with Crippen molar-refractivity contribution in [1.82, 2.24) is 9.55 Å². The maximum absolute atomic E-state index is 11.0. The molecule has 0 aliphatic carbocycles. The highest BCUT2D eigenvalue weighted by Gasteiger charge is 2.13. The van der Waals surface area contributed by atoms with Crippen LogP contribution in [-0.2, 0) is 6.54 Å². The number of benzene rings is 1. The quantitative estimate of drug-likeness (QED) is 0.922. The molecule has 0 fully saturated rings. The van der Waals surface area contributed by atoms with E-state index in [9.17, 15) is 4.79 Å². The first-order valence-electron chi connectivity index (χ1n) is 5.68. The molecule has 1 aromatic carbocycles. The average Bonchev–Trinajstić information content (AvgIpc) is 2.78. The van der Waals surface area contributed by atoms with Crippen molar-refractivity contribution in [2.45, 2.75) is 19.9 Å². The molecule has 1 heterocycles. The number of imidazole rings is 1. The zero-order valence-corrected chi connectivity index (χ0v) is 10.7. The molecule has 4 nitrogen and oxygen atoms in total. The summed E-state index contributed by atoms with van der Waals surface area (Å²) in [5.74, 6) is -0.272. The molecule has 0 aliphatic rings. The van der Waals surface area contributed by atoms with Crippen LogP contribution in [0.4, 0.5) is 0 Å². The normalized spacial score (nSPS) is 10.6. The van der Waals surface area contributed by atoms with Gasteiger partial charge < -0.3 is 9.67 Å². The highest BCUT2D eigenvalue weighted by molar-refractivity contribution is 6.33. The predicted molar refractivity (Wildman–Crippen MR) is 69.9 cm³/mol. The summed E-state index contributed by atoms with van der Waals surface area (Å²) in [7, 11) is 0. The minimum Gasteiger partial charge on any atom is -0.478 e. The van der Waals surface area contributed by atoms with E-state index in [2.05, 4.69) is 11.9 Å². The maximum Gasteiger partial charge on any atom is 0.335 e. The van der Waals surface area contributed by atoms with Gasteiger partial charge in [0.25, 0.3) is 0 Å². The molecule has 94 valence electrons. The minimum absolute atomic E-state index is 0.209. The molecule has 1 aromatic heterocycles. The Kier molecular flexibility index (Phi) is 3.67. The molecule has 0 saturated carbocycles. The number of hydrogen-bond donors (Lipinski definition) is 1. The lowest BCUT2D eigenvalue weighted by atomic mass is 10.1. The fraction of sp³-hybridized carbons (Fsp3) is 0.231. The first-order valence-corrected chi connectivity index (χ1v) is 6.05. The second-order valence-corrected chi connectivity index (χ2v) is 4.35. The summed E-state index contributed by atoms with van der Waals surface area (Å²) in [5.41, 5.74) is 0.857. The smallest absolute Gasteiger partial charge is 0.335 e. The number of aromatic nitrogens is 2. The van der Waals surface area contributed by atoms with E-state index in [-0.39, 0.29) is 5.56 Å². The third-order valence-corrected chi connectivity index (χ3v) is 2.96. The number of carbonyl (C=O) groups is 1. The highest BCUT2D eigenvalue weighted by Crippen LogP contribution is 2.28. The number of carboxylic acid groups (broad SMARTS) is 1. The fourth-order valence-electron chi connectivity index (χ4n) is 1.80. The Labute approximate surface area is 110 Å². The summed E-state index contributed by atoms with van der Waals surface area (Å²) in [6, 6.07) is 4.63. The Morgan fingerprint density at radius 1 is 1.50 bits per heavy atom. The van der Waals surface area contributed by atoms with Gasteiger partial charge in [-0.05, 0) is 24.6 Å². The minimum atomic E-state index is -0.971. The van der Waals surface area contributed by atoms with Crippen molar-refractivity contribution in [3.8, 4) is 11.4 Å². The van der Waals surface area contributed by atoms with Gasteiger partial charge in [-0.25, -0.2) is 9.78 Å². The second-order valence-electron chi connectivity index (χ2n) is 3.94. The van der Waals surface area contributed by atoms with E-state index >= 15 is 0 Å². The third-order valence-electron chi connectivity index (χ3n) is 2.63. The molecule has 0 unspecified atom stereocenters. The zero-order valence-electron chi connectivity index (χ0n) is 9.93. The topological polar surface area (TPSA) is 55.1 Å². The monoisotopic (exact) mass is 264 g/mol. The van der Waals surface area contributed by atoms with Crippen molar-refractivity contribution in [3.05, 3.63) is 41.2 Å². The fourth-order valence-corrected chi connectivity index (χ4v) is 2.01. The van der Waals surface area contributed by atoms with E-state index < -0.39 is 5.97 Å². The van der Waals surface area contributed by atoms with Crippen LogP contribution in [0, 0.1) is 0 Å². The van der Waals surface area contributed by atoms with Crippen LogP contribution < -0.4 is 0 Å². The molecule has 1 N–H and O–H groups in total. The van der Waals surface area contributed by atoms with Crippen molar-refractivity contribution < 1.29 is 9.90 Å². The molecule has 0 radical (unpaired) electrons. The Morgan fingerprint density at radius 3 is 2.94 bits per heavy atom. The Morgan fingerprint density at radius 2 is 2.28 bits per heavy atom. The van der Waals surface area contributed by atoms with Gasteiger partial charge in [0.2, 0.25) is 0 Å². The van der Waals surface area contributed by atoms with E-state index in [1.165, 1.54) is 6.07 Å². The Balaban J connectivity index is 2.52. The van der Waals surface area contributed by atoms with Gasteiger partial charge in [0.05, 0.1) is 10.6 Å². The largest absolute Gasteiger partial charge is 0.478 e. The second kappa shape index (κ2) is 5.23.